The third-order valence-corrected chi connectivity index (χ3v) is 12.8. The molecule has 29 heavy (non-hydrogen) atoms. The lowest BCUT2D eigenvalue weighted by molar-refractivity contribution is 0.197. The molecule has 11 heteroatoms. The molecule has 0 aromatic rings. The van der Waals surface area contributed by atoms with E-state index in [-0.39, 0.29) is 0 Å². The Labute approximate surface area is 199 Å². The molecule has 0 aromatic heterocycles. The van der Waals surface area contributed by atoms with E-state index in [1.807, 2.05) is 16.2 Å². The fourth-order valence-corrected chi connectivity index (χ4v) is 10.2. The summed E-state index contributed by atoms with van der Waals surface area (Å²) in [6.07, 6.45) is 0. The van der Waals surface area contributed by atoms with Crippen LogP contribution in [0.3, 0.4) is 0 Å². The number of thioether (sulfide) groups is 6. The Kier molecular flexibility index (Phi) is 10.4. The second-order valence-electron chi connectivity index (χ2n) is 6.84. The predicted octanol–water partition coefficient (Wildman–Crippen LogP) is 7.27. The molecule has 0 spiro atoms. The molecule has 0 bridgehead atoms. The van der Waals surface area contributed by atoms with Crippen molar-refractivity contribution in [2.75, 3.05) is 34.5 Å². The number of hydrogen-bond acceptors (Lipinski definition) is 10. The van der Waals surface area contributed by atoms with Crippen LogP contribution in [0, 0.1) is 0 Å². The Bertz CT molecular complexity index is 607. The van der Waals surface area contributed by atoms with Gasteiger partial charge in [0.15, 0.2) is 0 Å². The van der Waals surface area contributed by atoms with Crippen molar-refractivity contribution >= 4 is 78.4 Å². The lowest BCUT2D eigenvalue weighted by Crippen LogP contribution is -2.06. The number of hydrogen-bond donors (Lipinski definition) is 0. The smallest absolute Gasteiger partial charge is 0.389 e. The van der Waals surface area contributed by atoms with Gasteiger partial charge in [0.1, 0.15) is 17.3 Å². The van der Waals surface area contributed by atoms with E-state index in [0.29, 0.717) is 50.3 Å². The lowest BCUT2D eigenvalue weighted by atomic mass is 10.6. The molecule has 0 radical (unpaired) electrons. The van der Waals surface area contributed by atoms with Crippen molar-refractivity contribution in [3.63, 3.8) is 0 Å². The molecule has 0 saturated heterocycles. The van der Waals surface area contributed by atoms with Crippen LogP contribution in [-0.4, -0.2) is 50.3 Å². The minimum Gasteiger partial charge on any atom is -0.389 e. The van der Waals surface area contributed by atoms with Crippen LogP contribution in [0.2, 0.25) is 0 Å². The van der Waals surface area contributed by atoms with Gasteiger partial charge in [-0.25, -0.2) is 0 Å². The van der Waals surface area contributed by atoms with Crippen molar-refractivity contribution in [2.45, 2.75) is 36.5 Å². The first-order valence-electron chi connectivity index (χ1n) is 9.37. The van der Waals surface area contributed by atoms with Crippen molar-refractivity contribution in [3.8, 4) is 0 Å². The molecule has 0 amide bonds. The zero-order chi connectivity index (χ0) is 20.7. The van der Waals surface area contributed by atoms with Gasteiger partial charge in [0.25, 0.3) is 0 Å². The fraction of sp³-hybridized carbons (Fsp3) is 0.667. The van der Waals surface area contributed by atoms with Crippen LogP contribution < -0.4 is 0 Å². The van der Waals surface area contributed by atoms with Crippen molar-refractivity contribution in [1.82, 2.24) is 0 Å². The molecule has 164 valence electrons. The van der Waals surface area contributed by atoms with E-state index in [9.17, 15) is 4.57 Å². The SMILES string of the molecule is CC1CSC=C(OP(=O)(OC2=CSCC(C)SC2)OC2=CSCC(C)SC2)CS1. The highest BCUT2D eigenvalue weighted by Crippen LogP contribution is 2.57. The highest BCUT2D eigenvalue weighted by molar-refractivity contribution is 8.06. The second-order valence-corrected chi connectivity index (χ2v) is 15.3. The molecule has 3 rings (SSSR count). The third kappa shape index (κ3) is 8.78. The molecule has 3 heterocycles. The van der Waals surface area contributed by atoms with E-state index in [1.54, 1.807) is 70.6 Å². The molecule has 0 aliphatic carbocycles. The largest absolute Gasteiger partial charge is 0.646 e. The Morgan fingerprint density at radius 3 is 1.31 bits per heavy atom. The average Bonchev–Trinajstić information content (AvgIpc) is 3.08. The molecular weight excluding hydrogens is 504 g/mol. The fourth-order valence-electron chi connectivity index (χ4n) is 2.38. The predicted molar refractivity (Wildman–Crippen MR) is 138 cm³/mol. The zero-order valence-corrected chi connectivity index (χ0v) is 22.5. The average molecular weight is 531 g/mol. The molecule has 3 aliphatic rings. The van der Waals surface area contributed by atoms with Crippen molar-refractivity contribution < 1.29 is 18.1 Å². The van der Waals surface area contributed by atoms with Crippen molar-refractivity contribution in [2.24, 2.45) is 0 Å². The van der Waals surface area contributed by atoms with Crippen LogP contribution >= 0.6 is 78.4 Å². The molecule has 0 saturated carbocycles. The van der Waals surface area contributed by atoms with Gasteiger partial charge >= 0.3 is 7.82 Å². The molecule has 3 atom stereocenters. The van der Waals surface area contributed by atoms with E-state index in [1.165, 1.54) is 0 Å². The Balaban J connectivity index is 1.74. The molecule has 3 aliphatic heterocycles. The number of rotatable bonds is 6. The lowest BCUT2D eigenvalue weighted by Gasteiger charge is -2.22. The summed E-state index contributed by atoms with van der Waals surface area (Å²) in [4.78, 5) is 0. The maximum absolute atomic E-state index is 13.8. The molecule has 0 aromatic carbocycles. The quantitative estimate of drug-likeness (QED) is 0.327. The number of phosphoric acid groups is 1. The third-order valence-electron chi connectivity index (χ3n) is 3.85. The first kappa shape index (κ1) is 24.6. The molecule has 3 unspecified atom stereocenters. The summed E-state index contributed by atoms with van der Waals surface area (Å²) in [5.74, 6) is 7.04. The van der Waals surface area contributed by atoms with E-state index in [2.05, 4.69) is 20.8 Å². The van der Waals surface area contributed by atoms with E-state index < -0.39 is 7.82 Å². The minimum atomic E-state index is -3.83. The van der Waals surface area contributed by atoms with Gasteiger partial charge in [-0.05, 0) is 0 Å². The van der Waals surface area contributed by atoms with E-state index in [0.717, 1.165) is 17.3 Å². The van der Waals surface area contributed by atoms with Gasteiger partial charge in [-0.2, -0.15) is 4.57 Å². The van der Waals surface area contributed by atoms with Crippen LogP contribution in [0.25, 0.3) is 0 Å². The maximum Gasteiger partial charge on any atom is 0.646 e. The zero-order valence-electron chi connectivity index (χ0n) is 16.7. The summed E-state index contributed by atoms with van der Waals surface area (Å²) >= 11 is 10.4. The van der Waals surface area contributed by atoms with Crippen molar-refractivity contribution in [3.05, 3.63) is 33.5 Å². The first-order valence-corrected chi connectivity index (χ1v) is 17.1. The summed E-state index contributed by atoms with van der Waals surface area (Å²) in [5, 5.41) is 7.44. The van der Waals surface area contributed by atoms with Gasteiger partial charge in [-0.3, -0.25) is 0 Å². The van der Waals surface area contributed by atoms with Crippen LogP contribution in [-0.2, 0) is 18.1 Å². The van der Waals surface area contributed by atoms with Crippen LogP contribution in [0.4, 0.5) is 0 Å². The highest BCUT2D eigenvalue weighted by atomic mass is 32.2. The summed E-state index contributed by atoms with van der Waals surface area (Å²) in [6.45, 7) is 6.58. The van der Waals surface area contributed by atoms with Crippen LogP contribution in [0.15, 0.2) is 33.5 Å². The standard InChI is InChI=1S/C18H27O4PS6/c1-13-4-24-7-16(10-27-13)20-23(19,21-17-8-25-5-14(2)28-11-17)22-18-9-26-6-15(3)29-12-18/h7-9,13-15H,4-6,10-12H2,1-3H3. The normalized spacial score (nSPS) is 31.0. The second kappa shape index (κ2) is 12.3. The van der Waals surface area contributed by atoms with Crippen LogP contribution in [0.1, 0.15) is 20.8 Å². The van der Waals surface area contributed by atoms with Crippen LogP contribution in [0.5, 0.6) is 0 Å². The van der Waals surface area contributed by atoms with Gasteiger partial charge in [0.2, 0.25) is 0 Å². The van der Waals surface area contributed by atoms with Crippen molar-refractivity contribution in [1.29, 1.82) is 0 Å². The number of phosphoric ester groups is 1. The molecular formula is C18H27O4PS6. The van der Waals surface area contributed by atoms with Gasteiger partial charge in [0.05, 0.1) is 17.3 Å². The summed E-state index contributed by atoms with van der Waals surface area (Å²) < 4.78 is 31.6. The minimum absolute atomic E-state index is 0.524. The molecule has 0 N–H and O–H groups in total. The van der Waals surface area contributed by atoms with Gasteiger partial charge < -0.3 is 13.6 Å². The Morgan fingerprint density at radius 1 is 0.690 bits per heavy atom. The summed E-state index contributed by atoms with van der Waals surface area (Å²) in [5.41, 5.74) is 0. The maximum atomic E-state index is 13.8. The summed E-state index contributed by atoms with van der Waals surface area (Å²) in [6, 6.07) is 0. The Hall–Kier alpha value is 0.950. The Morgan fingerprint density at radius 2 is 1.00 bits per heavy atom. The van der Waals surface area contributed by atoms with Gasteiger partial charge in [-0.1, -0.05) is 20.8 Å². The topological polar surface area (TPSA) is 44.8 Å². The highest BCUT2D eigenvalue weighted by Gasteiger charge is 2.36. The van der Waals surface area contributed by atoms with Gasteiger partial charge in [0, 0.05) is 49.2 Å². The monoisotopic (exact) mass is 530 g/mol. The summed E-state index contributed by atoms with van der Waals surface area (Å²) in [7, 11) is -3.83. The van der Waals surface area contributed by atoms with Gasteiger partial charge in [-0.15, -0.1) is 70.6 Å². The molecule has 4 nitrogen and oxygen atoms in total. The van der Waals surface area contributed by atoms with E-state index >= 15 is 0 Å². The molecule has 0 fully saturated rings. The van der Waals surface area contributed by atoms with E-state index in [4.69, 9.17) is 13.6 Å². The first-order chi connectivity index (χ1) is 13.9.